The lowest BCUT2D eigenvalue weighted by Crippen LogP contribution is -2.46. The third-order valence-electron chi connectivity index (χ3n) is 7.73. The maximum absolute atomic E-state index is 13.9. The monoisotopic (exact) mass is 526 g/mol. The number of anilines is 1. The molecule has 2 N–H and O–H groups in total. The van der Waals surface area contributed by atoms with Crippen LogP contribution in [0.1, 0.15) is 55.3 Å². The third kappa shape index (κ3) is 4.15. The second kappa shape index (κ2) is 9.70. The van der Waals surface area contributed by atoms with Crippen molar-refractivity contribution in [3.63, 3.8) is 0 Å². The first-order valence-corrected chi connectivity index (χ1v) is 12.6. The summed E-state index contributed by atoms with van der Waals surface area (Å²) in [4.78, 5) is 54.1. The van der Waals surface area contributed by atoms with E-state index in [0.29, 0.717) is 42.5 Å². The Morgan fingerprint density at radius 1 is 1.11 bits per heavy atom. The molecule has 0 unspecified atom stereocenters. The summed E-state index contributed by atoms with van der Waals surface area (Å²) < 4.78 is 33.1. The number of urea groups is 1. The molecule has 1 spiro atoms. The molecule has 2 aliphatic heterocycles. The molecular formula is C27H28F2N4O5. The van der Waals surface area contributed by atoms with E-state index in [1.165, 1.54) is 13.1 Å². The van der Waals surface area contributed by atoms with Crippen LogP contribution >= 0.6 is 0 Å². The predicted octanol–water partition coefficient (Wildman–Crippen LogP) is 3.98. The molecule has 2 heterocycles. The Morgan fingerprint density at radius 3 is 2.61 bits per heavy atom. The molecule has 0 bridgehead atoms. The largest absolute Gasteiger partial charge is 0.427 e. The Morgan fingerprint density at radius 2 is 1.89 bits per heavy atom. The highest BCUT2D eigenvalue weighted by atomic mass is 19.2. The number of fused-ring (bicyclic) bond motifs is 2. The number of imide groups is 1. The molecule has 3 atom stereocenters. The van der Waals surface area contributed by atoms with Crippen molar-refractivity contribution in [2.45, 2.75) is 56.7 Å². The summed E-state index contributed by atoms with van der Waals surface area (Å²) in [6.07, 6.45) is 1.61. The van der Waals surface area contributed by atoms with E-state index in [9.17, 15) is 28.0 Å². The molecule has 11 heteroatoms. The molecule has 5 amide bonds. The standard InChI is InChI=1S/C27H28F2N4O5/c1-3-18-6-9-22(16-4-8-20(28)21(29)13-16)33(18)23(34)14-32-24(35)27(38-26(32)37)11-10-15-12-17(5-7-19(15)27)31-25(36)30-2/h4-5,7-8,12-13,18,22H,3,6,9-11,14H2,1-2H3,(H2,30,31,36)/t18-,22-,27+/m0/s1. The van der Waals surface area contributed by atoms with Crippen molar-refractivity contribution in [3.05, 3.63) is 64.7 Å². The van der Waals surface area contributed by atoms with Gasteiger partial charge in [-0.1, -0.05) is 19.1 Å². The van der Waals surface area contributed by atoms with Gasteiger partial charge in [-0.15, -0.1) is 0 Å². The number of hydrogen-bond donors (Lipinski definition) is 2. The number of amides is 5. The average molecular weight is 527 g/mol. The van der Waals surface area contributed by atoms with Crippen LogP contribution in [0, 0.1) is 11.6 Å². The fourth-order valence-electron chi connectivity index (χ4n) is 5.85. The minimum Gasteiger partial charge on any atom is -0.427 e. The first kappa shape index (κ1) is 25.6. The minimum atomic E-state index is -1.52. The van der Waals surface area contributed by atoms with Gasteiger partial charge in [-0.3, -0.25) is 9.59 Å². The van der Waals surface area contributed by atoms with E-state index in [0.717, 1.165) is 22.6 Å². The molecule has 3 aliphatic rings. The van der Waals surface area contributed by atoms with Gasteiger partial charge in [0.25, 0.3) is 5.91 Å². The first-order valence-electron chi connectivity index (χ1n) is 12.6. The van der Waals surface area contributed by atoms with Crippen LogP contribution < -0.4 is 10.6 Å². The molecule has 9 nitrogen and oxygen atoms in total. The molecule has 38 heavy (non-hydrogen) atoms. The van der Waals surface area contributed by atoms with Crippen LogP contribution in [0.2, 0.25) is 0 Å². The van der Waals surface area contributed by atoms with E-state index >= 15 is 0 Å². The number of carbonyl (C=O) groups is 4. The normalized spacial score (nSPS) is 24.1. The highest BCUT2D eigenvalue weighted by Crippen LogP contribution is 2.46. The fraction of sp³-hybridized carbons (Fsp3) is 0.407. The van der Waals surface area contributed by atoms with Crippen LogP contribution in [0.5, 0.6) is 0 Å². The minimum absolute atomic E-state index is 0.165. The summed E-state index contributed by atoms with van der Waals surface area (Å²) in [5, 5.41) is 5.14. The van der Waals surface area contributed by atoms with Crippen LogP contribution in [0.3, 0.4) is 0 Å². The zero-order valence-corrected chi connectivity index (χ0v) is 21.1. The van der Waals surface area contributed by atoms with Crippen molar-refractivity contribution in [2.75, 3.05) is 18.9 Å². The van der Waals surface area contributed by atoms with Crippen LogP contribution in [0.4, 0.5) is 24.1 Å². The second-order valence-electron chi connectivity index (χ2n) is 9.79. The number of ether oxygens (including phenoxy) is 1. The van der Waals surface area contributed by atoms with E-state index in [2.05, 4.69) is 10.6 Å². The number of aryl methyl sites for hydroxylation is 1. The quantitative estimate of drug-likeness (QED) is 0.613. The van der Waals surface area contributed by atoms with Crippen molar-refractivity contribution in [3.8, 4) is 0 Å². The van der Waals surface area contributed by atoms with E-state index < -0.39 is 47.7 Å². The number of rotatable bonds is 5. The Bertz CT molecular complexity index is 1330. The molecule has 2 aromatic rings. The first-order chi connectivity index (χ1) is 18.2. The van der Waals surface area contributed by atoms with Gasteiger partial charge in [0.05, 0.1) is 6.04 Å². The van der Waals surface area contributed by atoms with E-state index in [-0.39, 0.29) is 18.5 Å². The maximum atomic E-state index is 13.9. The Hall–Kier alpha value is -4.02. The van der Waals surface area contributed by atoms with Gasteiger partial charge in [-0.25, -0.2) is 23.3 Å². The van der Waals surface area contributed by atoms with Crippen molar-refractivity contribution in [1.29, 1.82) is 0 Å². The molecule has 1 aliphatic carbocycles. The van der Waals surface area contributed by atoms with Crippen molar-refractivity contribution >= 4 is 29.6 Å². The summed E-state index contributed by atoms with van der Waals surface area (Å²) in [5.41, 5.74) is 0.767. The summed E-state index contributed by atoms with van der Waals surface area (Å²) >= 11 is 0. The highest BCUT2D eigenvalue weighted by molar-refractivity contribution is 6.06. The van der Waals surface area contributed by atoms with Gasteiger partial charge < -0.3 is 20.3 Å². The van der Waals surface area contributed by atoms with Crippen molar-refractivity contribution in [2.24, 2.45) is 0 Å². The van der Waals surface area contributed by atoms with Crippen LogP contribution in [-0.2, 0) is 26.3 Å². The maximum Gasteiger partial charge on any atom is 0.418 e. The number of hydrogen-bond acceptors (Lipinski definition) is 5. The predicted molar refractivity (Wildman–Crippen MR) is 132 cm³/mol. The van der Waals surface area contributed by atoms with Crippen molar-refractivity contribution < 1.29 is 32.7 Å². The van der Waals surface area contributed by atoms with Crippen LogP contribution in [0.25, 0.3) is 0 Å². The number of halogens is 2. The fourth-order valence-corrected chi connectivity index (χ4v) is 5.85. The molecule has 2 aromatic carbocycles. The zero-order chi connectivity index (χ0) is 27.2. The smallest absolute Gasteiger partial charge is 0.418 e. The van der Waals surface area contributed by atoms with E-state index in [4.69, 9.17) is 4.74 Å². The lowest BCUT2D eigenvalue weighted by molar-refractivity contribution is -0.143. The SMILES string of the molecule is CC[C@H]1CC[C@@H](c2ccc(F)c(F)c2)N1C(=O)CN1C(=O)O[C@@]2(CCc3cc(NC(=O)NC)ccc32)C1=O. The summed E-state index contributed by atoms with van der Waals surface area (Å²) in [6.45, 7) is 1.41. The Labute approximate surface area is 218 Å². The van der Waals surface area contributed by atoms with Gasteiger partial charge in [-0.05, 0) is 61.1 Å². The number of benzene rings is 2. The van der Waals surface area contributed by atoms with Gasteiger partial charge in [-0.2, -0.15) is 0 Å². The summed E-state index contributed by atoms with van der Waals surface area (Å²) in [6, 6.07) is 7.53. The Balaban J connectivity index is 1.37. The molecule has 2 fully saturated rings. The zero-order valence-electron chi connectivity index (χ0n) is 21.1. The van der Waals surface area contributed by atoms with Gasteiger partial charge >= 0.3 is 12.1 Å². The second-order valence-corrected chi connectivity index (χ2v) is 9.79. The third-order valence-corrected chi connectivity index (χ3v) is 7.73. The van der Waals surface area contributed by atoms with Crippen LogP contribution in [-0.4, -0.2) is 53.4 Å². The number of nitrogens with one attached hydrogen (secondary N) is 2. The molecule has 0 aromatic heterocycles. The summed E-state index contributed by atoms with van der Waals surface area (Å²) in [7, 11) is 1.50. The highest BCUT2D eigenvalue weighted by Gasteiger charge is 2.58. The topological polar surface area (TPSA) is 108 Å². The number of nitrogens with zero attached hydrogens (tertiary/aromatic N) is 2. The number of carbonyl (C=O) groups excluding carboxylic acids is 4. The van der Waals surface area contributed by atoms with E-state index in [1.54, 1.807) is 23.1 Å². The van der Waals surface area contributed by atoms with Crippen molar-refractivity contribution in [1.82, 2.24) is 15.1 Å². The molecule has 0 saturated carbocycles. The summed E-state index contributed by atoms with van der Waals surface area (Å²) in [5.74, 6) is -3.04. The van der Waals surface area contributed by atoms with E-state index in [1.807, 2.05) is 6.92 Å². The lowest BCUT2D eigenvalue weighted by atomic mass is 9.94. The van der Waals surface area contributed by atoms with Gasteiger partial charge in [0.1, 0.15) is 6.54 Å². The van der Waals surface area contributed by atoms with Gasteiger partial charge in [0.2, 0.25) is 11.5 Å². The van der Waals surface area contributed by atoms with Gasteiger partial charge in [0.15, 0.2) is 11.6 Å². The number of likely N-dealkylation sites (tertiary alicyclic amines) is 1. The molecule has 2 saturated heterocycles. The van der Waals surface area contributed by atoms with Crippen LogP contribution in [0.15, 0.2) is 36.4 Å². The van der Waals surface area contributed by atoms with Gasteiger partial charge in [0, 0.05) is 30.8 Å². The average Bonchev–Trinajstić information content (AvgIpc) is 3.56. The molecule has 0 radical (unpaired) electrons. The Kier molecular flexibility index (Phi) is 6.54. The lowest BCUT2D eigenvalue weighted by Gasteiger charge is -2.31. The molecule has 200 valence electrons. The molecule has 5 rings (SSSR count). The molecular weight excluding hydrogens is 498 g/mol.